The van der Waals surface area contributed by atoms with E-state index in [1.807, 2.05) is 0 Å². The first-order chi connectivity index (χ1) is 12.9. The molecular weight excluding hydrogens is 465 g/mol. The molecule has 1 amide bonds. The van der Waals surface area contributed by atoms with Gasteiger partial charge in [0.1, 0.15) is 0 Å². The second-order valence-corrected chi connectivity index (χ2v) is 7.71. The van der Waals surface area contributed by atoms with E-state index in [0.717, 1.165) is 38.4 Å². The van der Waals surface area contributed by atoms with Crippen LogP contribution in [0.3, 0.4) is 0 Å². The summed E-state index contributed by atoms with van der Waals surface area (Å²) >= 11 is 0. The van der Waals surface area contributed by atoms with Crippen molar-refractivity contribution < 1.29 is 4.79 Å². The van der Waals surface area contributed by atoms with E-state index >= 15 is 0 Å². The van der Waals surface area contributed by atoms with E-state index in [0.29, 0.717) is 18.9 Å². The summed E-state index contributed by atoms with van der Waals surface area (Å²) in [6, 6.07) is 8.91. The Hall–Kier alpha value is -1.35. The number of primary amides is 1. The fourth-order valence-corrected chi connectivity index (χ4v) is 3.66. The number of nitrogens with one attached hydrogen (secondary N) is 1. The molecule has 0 aromatic heterocycles. The van der Waals surface area contributed by atoms with Crippen LogP contribution in [0, 0.1) is 12.8 Å². The molecule has 2 unspecified atom stereocenters. The van der Waals surface area contributed by atoms with Crippen LogP contribution in [0.25, 0.3) is 0 Å². The molecule has 1 aliphatic rings. The zero-order chi connectivity index (χ0) is 19.8. The number of benzene rings is 1. The molecular formula is C21H36IN5O. The number of rotatable bonds is 7. The van der Waals surface area contributed by atoms with Crippen molar-refractivity contribution in [3.63, 3.8) is 0 Å². The third-order valence-electron chi connectivity index (χ3n) is 5.14. The molecule has 2 rings (SSSR count). The predicted octanol–water partition coefficient (Wildman–Crippen LogP) is 2.77. The van der Waals surface area contributed by atoms with E-state index in [4.69, 9.17) is 10.7 Å². The number of carbonyl (C=O) groups excluding carboxylic acids is 1. The smallest absolute Gasteiger partial charge is 0.217 e. The van der Waals surface area contributed by atoms with Gasteiger partial charge in [-0.05, 0) is 52.3 Å². The Bertz CT molecular complexity index is 632. The van der Waals surface area contributed by atoms with Gasteiger partial charge in [-0.15, -0.1) is 24.0 Å². The van der Waals surface area contributed by atoms with Crippen molar-refractivity contribution >= 4 is 35.8 Å². The first-order valence-corrected chi connectivity index (χ1v) is 9.95. The number of likely N-dealkylation sites (tertiary alicyclic amines) is 1. The van der Waals surface area contributed by atoms with Gasteiger partial charge in [-0.2, -0.15) is 0 Å². The number of nitrogens with two attached hydrogens (primary N) is 1. The van der Waals surface area contributed by atoms with Crippen LogP contribution in [-0.4, -0.2) is 61.9 Å². The van der Waals surface area contributed by atoms with E-state index in [1.165, 1.54) is 11.1 Å². The van der Waals surface area contributed by atoms with Gasteiger partial charge in [0.05, 0.1) is 12.6 Å². The Balaban J connectivity index is 0.00000392. The standard InChI is InChI=1S/C21H35N5O.HI/c1-5-23-21(26-12-6-7-17(15-26)13-20(22)27)24-14-19(25(3)4)18-10-8-16(2)9-11-18;/h8-11,17,19H,5-7,12-15H2,1-4H3,(H2,22,27)(H,23,24);1H. The van der Waals surface area contributed by atoms with Crippen LogP contribution in [0.15, 0.2) is 29.3 Å². The molecule has 1 saturated heterocycles. The van der Waals surface area contributed by atoms with Crippen molar-refractivity contribution in [2.45, 2.75) is 39.2 Å². The molecule has 1 aromatic carbocycles. The van der Waals surface area contributed by atoms with Crippen molar-refractivity contribution in [1.82, 2.24) is 15.1 Å². The molecule has 1 aliphatic heterocycles. The minimum atomic E-state index is -0.212. The monoisotopic (exact) mass is 501 g/mol. The SMILES string of the molecule is CCNC(=NCC(c1ccc(C)cc1)N(C)C)N1CCCC(CC(N)=O)C1.I. The van der Waals surface area contributed by atoms with Gasteiger partial charge in [-0.1, -0.05) is 29.8 Å². The molecule has 0 spiro atoms. The van der Waals surface area contributed by atoms with Gasteiger partial charge in [0.25, 0.3) is 0 Å². The van der Waals surface area contributed by atoms with Crippen molar-refractivity contribution in [2.75, 3.05) is 40.3 Å². The number of likely N-dealkylation sites (N-methyl/N-ethyl adjacent to an activating group) is 1. The largest absolute Gasteiger partial charge is 0.370 e. The molecule has 7 heteroatoms. The maximum Gasteiger partial charge on any atom is 0.217 e. The molecule has 0 saturated carbocycles. The average molecular weight is 501 g/mol. The zero-order valence-electron chi connectivity index (χ0n) is 17.6. The quantitative estimate of drug-likeness (QED) is 0.343. The van der Waals surface area contributed by atoms with E-state index in [1.54, 1.807) is 0 Å². The van der Waals surface area contributed by atoms with Crippen molar-refractivity contribution in [2.24, 2.45) is 16.6 Å². The highest BCUT2D eigenvalue weighted by Gasteiger charge is 2.24. The summed E-state index contributed by atoms with van der Waals surface area (Å²) in [5.41, 5.74) is 7.94. The first kappa shape index (κ1) is 24.7. The highest BCUT2D eigenvalue weighted by atomic mass is 127. The first-order valence-electron chi connectivity index (χ1n) is 9.95. The van der Waals surface area contributed by atoms with Gasteiger partial charge in [-0.25, -0.2) is 0 Å². The van der Waals surface area contributed by atoms with Gasteiger partial charge in [-0.3, -0.25) is 9.79 Å². The summed E-state index contributed by atoms with van der Waals surface area (Å²) in [6.45, 7) is 7.52. The molecule has 158 valence electrons. The number of carbonyl (C=O) groups is 1. The third-order valence-corrected chi connectivity index (χ3v) is 5.14. The number of hydrogen-bond acceptors (Lipinski definition) is 3. The van der Waals surface area contributed by atoms with Crippen molar-refractivity contribution in [3.05, 3.63) is 35.4 Å². The number of nitrogens with zero attached hydrogens (tertiary/aromatic N) is 3. The Morgan fingerprint density at radius 2 is 2.04 bits per heavy atom. The Morgan fingerprint density at radius 3 is 2.61 bits per heavy atom. The van der Waals surface area contributed by atoms with Crippen molar-refractivity contribution in [1.29, 1.82) is 0 Å². The summed E-state index contributed by atoms with van der Waals surface area (Å²) in [5, 5.41) is 3.42. The maximum atomic E-state index is 11.3. The van der Waals surface area contributed by atoms with Gasteiger partial charge in [0.15, 0.2) is 5.96 Å². The highest BCUT2D eigenvalue weighted by molar-refractivity contribution is 14.0. The van der Waals surface area contributed by atoms with E-state index < -0.39 is 0 Å². The average Bonchev–Trinajstić information content (AvgIpc) is 2.62. The number of aliphatic imine (C=N–C) groups is 1. The van der Waals surface area contributed by atoms with E-state index in [9.17, 15) is 4.79 Å². The molecule has 28 heavy (non-hydrogen) atoms. The molecule has 0 radical (unpaired) electrons. The van der Waals surface area contributed by atoms with Gasteiger partial charge < -0.3 is 20.9 Å². The van der Waals surface area contributed by atoms with Crippen LogP contribution < -0.4 is 11.1 Å². The van der Waals surface area contributed by atoms with Crippen LogP contribution in [-0.2, 0) is 4.79 Å². The maximum absolute atomic E-state index is 11.3. The molecule has 1 aromatic rings. The van der Waals surface area contributed by atoms with Crippen LogP contribution in [0.4, 0.5) is 0 Å². The van der Waals surface area contributed by atoms with Crippen LogP contribution >= 0.6 is 24.0 Å². The van der Waals surface area contributed by atoms with Crippen molar-refractivity contribution in [3.8, 4) is 0 Å². The molecule has 0 bridgehead atoms. The molecule has 1 heterocycles. The normalized spacial score (nSPS) is 18.5. The lowest BCUT2D eigenvalue weighted by Crippen LogP contribution is -2.47. The van der Waals surface area contributed by atoms with Crippen LogP contribution in [0.5, 0.6) is 0 Å². The van der Waals surface area contributed by atoms with Crippen LogP contribution in [0.2, 0.25) is 0 Å². The predicted molar refractivity (Wildman–Crippen MR) is 127 cm³/mol. The lowest BCUT2D eigenvalue weighted by Gasteiger charge is -2.35. The minimum Gasteiger partial charge on any atom is -0.370 e. The number of piperidine rings is 1. The lowest BCUT2D eigenvalue weighted by atomic mass is 9.95. The Labute approximate surface area is 187 Å². The summed E-state index contributed by atoms with van der Waals surface area (Å²) in [6.07, 6.45) is 2.58. The van der Waals surface area contributed by atoms with E-state index in [2.05, 4.69) is 67.3 Å². The Kier molecular flexibility index (Phi) is 10.8. The summed E-state index contributed by atoms with van der Waals surface area (Å²) in [4.78, 5) is 20.7. The molecule has 2 atom stereocenters. The van der Waals surface area contributed by atoms with E-state index in [-0.39, 0.29) is 35.9 Å². The Morgan fingerprint density at radius 1 is 1.36 bits per heavy atom. The summed E-state index contributed by atoms with van der Waals surface area (Å²) in [7, 11) is 4.19. The highest BCUT2D eigenvalue weighted by Crippen LogP contribution is 2.21. The summed E-state index contributed by atoms with van der Waals surface area (Å²) in [5.74, 6) is 1.04. The van der Waals surface area contributed by atoms with Gasteiger partial charge in [0.2, 0.25) is 5.91 Å². The molecule has 1 fully saturated rings. The fourth-order valence-electron chi connectivity index (χ4n) is 3.66. The second-order valence-electron chi connectivity index (χ2n) is 7.71. The van der Waals surface area contributed by atoms with Gasteiger partial charge in [0, 0.05) is 26.1 Å². The number of hydrogen-bond donors (Lipinski definition) is 2. The van der Waals surface area contributed by atoms with Crippen LogP contribution in [0.1, 0.15) is 43.4 Å². The number of aryl methyl sites for hydroxylation is 1. The summed E-state index contributed by atoms with van der Waals surface area (Å²) < 4.78 is 0. The fraction of sp³-hybridized carbons (Fsp3) is 0.619. The number of amides is 1. The number of halogens is 1. The van der Waals surface area contributed by atoms with Gasteiger partial charge >= 0.3 is 0 Å². The molecule has 6 nitrogen and oxygen atoms in total. The zero-order valence-corrected chi connectivity index (χ0v) is 20.0. The minimum absolute atomic E-state index is 0. The number of guanidine groups is 1. The lowest BCUT2D eigenvalue weighted by molar-refractivity contribution is -0.119. The molecule has 0 aliphatic carbocycles. The third kappa shape index (κ3) is 7.58. The molecule has 3 N–H and O–H groups in total. The topological polar surface area (TPSA) is 74.0 Å². The second kappa shape index (κ2) is 12.3.